The van der Waals surface area contributed by atoms with Crippen LogP contribution in [0.25, 0.3) is 33.1 Å². The molecule has 1 aliphatic rings. The Hall–Kier alpha value is -3.48. The first kappa shape index (κ1) is 18.5. The van der Waals surface area contributed by atoms with Gasteiger partial charge in [-0.25, -0.2) is 4.98 Å². The normalized spacial score (nSPS) is 15.1. The van der Waals surface area contributed by atoms with Crippen molar-refractivity contribution < 1.29 is 4.79 Å². The maximum atomic E-state index is 11.5. The fraction of sp³-hybridized carbons (Fsp3) is 0.304. The number of nitrogens with two attached hydrogens (primary N) is 2. The maximum Gasteiger partial charge on any atom is 0.271 e. The fourth-order valence-electron chi connectivity index (χ4n) is 4.56. The van der Waals surface area contributed by atoms with Gasteiger partial charge in [-0.1, -0.05) is 56.4 Å². The summed E-state index contributed by atoms with van der Waals surface area (Å²) in [5, 5.41) is 8.87. The topological polar surface area (TPSA) is 124 Å². The highest BCUT2D eigenvalue weighted by Gasteiger charge is 2.17. The summed E-state index contributed by atoms with van der Waals surface area (Å²) in [4.78, 5) is 19.8. The predicted molar refractivity (Wildman–Crippen MR) is 118 cm³/mol. The zero-order valence-electron chi connectivity index (χ0n) is 16.7. The number of hydrogen-bond acceptors (Lipinski definition) is 5. The number of nitrogen functional groups attached to an aromatic ring is 1. The fourth-order valence-corrected chi connectivity index (χ4v) is 4.56. The van der Waals surface area contributed by atoms with Gasteiger partial charge in [0.05, 0.1) is 16.7 Å². The zero-order chi connectivity index (χ0) is 20.7. The number of rotatable bonds is 4. The molecule has 4 aromatic rings. The third-order valence-electron chi connectivity index (χ3n) is 6.11. The van der Waals surface area contributed by atoms with Crippen molar-refractivity contribution in [1.82, 2.24) is 20.2 Å². The molecule has 2 aromatic heterocycles. The molecule has 0 saturated heterocycles. The molecular weight excluding hydrogens is 376 g/mol. The number of nitrogens with zero attached hydrogens (tertiary/aromatic N) is 3. The number of nitrogens with one attached hydrogen (secondary N) is 1. The third-order valence-corrected chi connectivity index (χ3v) is 6.11. The molecule has 5 rings (SSSR count). The van der Waals surface area contributed by atoms with Gasteiger partial charge in [0.25, 0.3) is 5.91 Å². The summed E-state index contributed by atoms with van der Waals surface area (Å²) in [5.41, 5.74) is 16.2. The lowest BCUT2D eigenvalue weighted by Crippen LogP contribution is -2.16. The second-order valence-corrected chi connectivity index (χ2v) is 8.15. The van der Waals surface area contributed by atoms with Crippen molar-refractivity contribution in [2.24, 2.45) is 11.7 Å². The van der Waals surface area contributed by atoms with E-state index in [-0.39, 0.29) is 11.4 Å². The number of aromatic amines is 1. The van der Waals surface area contributed by atoms with Gasteiger partial charge in [0, 0.05) is 17.4 Å². The number of aromatic nitrogens is 4. The highest BCUT2D eigenvalue weighted by molar-refractivity contribution is 6.07. The molecule has 5 N–H and O–H groups in total. The molecule has 7 nitrogen and oxygen atoms in total. The van der Waals surface area contributed by atoms with Crippen molar-refractivity contribution in [2.75, 3.05) is 5.73 Å². The van der Waals surface area contributed by atoms with Gasteiger partial charge in [-0.05, 0) is 23.6 Å². The number of fused-ring (bicyclic) bond motifs is 2. The van der Waals surface area contributed by atoms with Crippen molar-refractivity contribution in [3.63, 3.8) is 0 Å². The van der Waals surface area contributed by atoms with Crippen LogP contribution in [0, 0.1) is 5.92 Å². The maximum absolute atomic E-state index is 11.5. The third kappa shape index (κ3) is 3.26. The highest BCUT2D eigenvalue weighted by Crippen LogP contribution is 2.32. The van der Waals surface area contributed by atoms with Crippen molar-refractivity contribution in [1.29, 1.82) is 0 Å². The molecule has 0 radical (unpaired) electrons. The predicted octanol–water partition coefficient (Wildman–Crippen LogP) is 3.98. The van der Waals surface area contributed by atoms with Crippen molar-refractivity contribution >= 4 is 33.5 Å². The number of H-pyrrole nitrogens is 1. The molecule has 1 fully saturated rings. The summed E-state index contributed by atoms with van der Waals surface area (Å²) in [7, 11) is 0. The molecule has 152 valence electrons. The van der Waals surface area contributed by atoms with Crippen LogP contribution in [0.15, 0.2) is 36.4 Å². The van der Waals surface area contributed by atoms with E-state index in [1.807, 2.05) is 30.3 Å². The molecule has 0 bridgehead atoms. The summed E-state index contributed by atoms with van der Waals surface area (Å²) in [6, 6.07) is 11.8. The van der Waals surface area contributed by atoms with E-state index in [0.29, 0.717) is 10.9 Å². The summed E-state index contributed by atoms with van der Waals surface area (Å²) >= 11 is 0. The highest BCUT2D eigenvalue weighted by atomic mass is 16.1. The summed E-state index contributed by atoms with van der Waals surface area (Å²) in [6.07, 6.45) is 7.63. The number of carbonyl (C=O) groups is 1. The number of amides is 1. The van der Waals surface area contributed by atoms with Gasteiger partial charge >= 0.3 is 0 Å². The van der Waals surface area contributed by atoms with Crippen LogP contribution in [-0.4, -0.2) is 26.1 Å². The number of hydrogen-bond donors (Lipinski definition) is 3. The van der Waals surface area contributed by atoms with Crippen molar-refractivity contribution in [3.05, 3.63) is 47.9 Å². The lowest BCUT2D eigenvalue weighted by atomic mass is 9.87. The Balaban J connectivity index is 1.53. The SMILES string of the molecule is NC(=O)c1nnc2c(-c3ccc4nc(CC5CCCCC5)[nH]c4c3)cccc2c1N. The molecule has 0 spiro atoms. The molecule has 0 aliphatic heterocycles. The van der Waals surface area contributed by atoms with Crippen LogP contribution in [0.3, 0.4) is 0 Å². The quantitative estimate of drug-likeness (QED) is 0.478. The number of carbonyl (C=O) groups excluding carboxylic acids is 1. The molecular formula is C23H24N6O. The number of benzene rings is 2. The Labute approximate surface area is 173 Å². The second-order valence-electron chi connectivity index (χ2n) is 8.15. The monoisotopic (exact) mass is 400 g/mol. The standard InChI is InChI=1S/C23H24N6O/c24-20-16-8-4-7-15(21(16)28-29-22(20)23(25)30)14-9-10-17-18(12-14)27-19(26-17)11-13-5-2-1-3-6-13/h4,7-10,12-13H,1-3,5-6,11H2,(H2,24,28)(H2,25,30)(H,26,27). The minimum atomic E-state index is -0.684. The van der Waals surface area contributed by atoms with E-state index in [9.17, 15) is 4.79 Å². The van der Waals surface area contributed by atoms with Crippen molar-refractivity contribution in [3.8, 4) is 11.1 Å². The Morgan fingerprint density at radius 1 is 1.10 bits per heavy atom. The first-order chi connectivity index (χ1) is 14.6. The van der Waals surface area contributed by atoms with Gasteiger partial charge in [-0.2, -0.15) is 0 Å². The van der Waals surface area contributed by atoms with E-state index in [0.717, 1.165) is 40.3 Å². The lowest BCUT2D eigenvalue weighted by Gasteiger charge is -2.20. The van der Waals surface area contributed by atoms with Gasteiger partial charge in [-0.15, -0.1) is 10.2 Å². The van der Waals surface area contributed by atoms with Gasteiger partial charge in [-0.3, -0.25) is 4.79 Å². The van der Waals surface area contributed by atoms with E-state index in [1.54, 1.807) is 0 Å². The molecule has 30 heavy (non-hydrogen) atoms. The summed E-state index contributed by atoms with van der Waals surface area (Å²) in [5.74, 6) is 1.10. The van der Waals surface area contributed by atoms with Gasteiger partial charge < -0.3 is 16.5 Å². The van der Waals surface area contributed by atoms with Crippen LogP contribution in [0.5, 0.6) is 0 Å². The smallest absolute Gasteiger partial charge is 0.271 e. The van der Waals surface area contributed by atoms with Gasteiger partial charge in [0.2, 0.25) is 0 Å². The van der Waals surface area contributed by atoms with E-state index in [2.05, 4.69) is 21.2 Å². The zero-order valence-corrected chi connectivity index (χ0v) is 16.7. The molecule has 7 heteroatoms. The molecule has 2 heterocycles. The molecule has 0 unspecified atom stereocenters. The minimum absolute atomic E-state index is 0.00368. The molecule has 0 atom stereocenters. The van der Waals surface area contributed by atoms with Crippen LogP contribution in [0.1, 0.15) is 48.4 Å². The first-order valence-corrected chi connectivity index (χ1v) is 10.4. The molecule has 1 aliphatic carbocycles. The number of anilines is 1. The lowest BCUT2D eigenvalue weighted by molar-refractivity contribution is 0.0996. The van der Waals surface area contributed by atoms with E-state index >= 15 is 0 Å². The Morgan fingerprint density at radius 2 is 1.93 bits per heavy atom. The average molecular weight is 400 g/mol. The van der Waals surface area contributed by atoms with Crippen LogP contribution < -0.4 is 11.5 Å². The van der Waals surface area contributed by atoms with Crippen molar-refractivity contribution in [2.45, 2.75) is 38.5 Å². The minimum Gasteiger partial charge on any atom is -0.396 e. The Morgan fingerprint density at radius 3 is 2.73 bits per heavy atom. The van der Waals surface area contributed by atoms with Crippen LogP contribution in [-0.2, 0) is 6.42 Å². The molecule has 2 aromatic carbocycles. The average Bonchev–Trinajstić information content (AvgIpc) is 3.15. The Kier molecular flexibility index (Phi) is 4.58. The van der Waals surface area contributed by atoms with E-state index in [4.69, 9.17) is 16.5 Å². The van der Waals surface area contributed by atoms with E-state index in [1.165, 1.54) is 32.1 Å². The summed E-state index contributed by atoms with van der Waals surface area (Å²) < 4.78 is 0. The number of imidazole rings is 1. The van der Waals surface area contributed by atoms with Crippen LogP contribution >= 0.6 is 0 Å². The first-order valence-electron chi connectivity index (χ1n) is 10.4. The van der Waals surface area contributed by atoms with Gasteiger partial charge in [0.1, 0.15) is 11.3 Å². The Bertz CT molecular complexity index is 1260. The second kappa shape index (κ2) is 7.40. The molecule has 1 amide bonds. The molecule has 1 saturated carbocycles. The van der Waals surface area contributed by atoms with E-state index < -0.39 is 5.91 Å². The van der Waals surface area contributed by atoms with Crippen LogP contribution in [0.4, 0.5) is 5.69 Å². The summed E-state index contributed by atoms with van der Waals surface area (Å²) in [6.45, 7) is 0. The van der Waals surface area contributed by atoms with Gasteiger partial charge in [0.15, 0.2) is 5.69 Å². The number of primary amides is 1. The van der Waals surface area contributed by atoms with Crippen LogP contribution in [0.2, 0.25) is 0 Å². The largest absolute Gasteiger partial charge is 0.396 e.